The Morgan fingerprint density at radius 2 is 2.17 bits per heavy atom. The third kappa shape index (κ3) is 2.04. The van der Waals surface area contributed by atoms with Crippen molar-refractivity contribution in [2.45, 2.75) is 25.3 Å². The lowest BCUT2D eigenvalue weighted by Gasteiger charge is -2.19. The predicted octanol–water partition coefficient (Wildman–Crippen LogP) is 1.96. The van der Waals surface area contributed by atoms with E-state index in [4.69, 9.17) is 0 Å². The Morgan fingerprint density at radius 3 is 2.89 bits per heavy atom. The monoisotopic (exact) mass is 242 g/mol. The molecule has 2 aromatic rings. The third-order valence-corrected chi connectivity index (χ3v) is 3.78. The van der Waals surface area contributed by atoms with E-state index < -0.39 is 0 Å². The molecule has 4 heteroatoms. The summed E-state index contributed by atoms with van der Waals surface area (Å²) in [5, 5.41) is 3.42. The minimum absolute atomic E-state index is 0.311. The smallest absolute Gasteiger partial charge is 0.0953 e. The summed E-state index contributed by atoms with van der Waals surface area (Å²) in [5.74, 6) is 0.594. The highest BCUT2D eigenvalue weighted by molar-refractivity contribution is 5.19. The molecule has 18 heavy (non-hydrogen) atoms. The van der Waals surface area contributed by atoms with E-state index in [1.807, 2.05) is 24.9 Å². The molecule has 1 saturated heterocycles. The minimum atomic E-state index is 0.311. The fraction of sp³-hybridized carbons (Fsp3) is 0.429. The molecule has 0 spiro atoms. The quantitative estimate of drug-likeness (QED) is 0.894. The molecule has 2 unspecified atom stereocenters. The fourth-order valence-electron chi connectivity index (χ4n) is 2.66. The van der Waals surface area contributed by atoms with Gasteiger partial charge in [-0.1, -0.05) is 0 Å². The van der Waals surface area contributed by atoms with Gasteiger partial charge in [-0.3, -0.25) is 4.98 Å². The molecule has 0 radical (unpaired) electrons. The Hall–Kier alpha value is -1.68. The molecular weight excluding hydrogens is 224 g/mol. The van der Waals surface area contributed by atoms with Gasteiger partial charge in [-0.25, -0.2) is 4.98 Å². The Bertz CT molecular complexity index is 500. The predicted molar refractivity (Wildman–Crippen MR) is 70.5 cm³/mol. The van der Waals surface area contributed by atoms with Crippen molar-refractivity contribution in [2.24, 2.45) is 0 Å². The average Bonchev–Trinajstić information content (AvgIpc) is 3.09. The summed E-state index contributed by atoms with van der Waals surface area (Å²) in [7, 11) is 0. The van der Waals surface area contributed by atoms with Gasteiger partial charge in [0, 0.05) is 36.7 Å². The SMILES string of the molecule is CC(c1ccncc1)n1cncc1C1CCNC1. The van der Waals surface area contributed by atoms with Crippen LogP contribution in [0.15, 0.2) is 37.1 Å². The number of nitrogens with zero attached hydrogens (tertiary/aromatic N) is 3. The highest BCUT2D eigenvalue weighted by Crippen LogP contribution is 2.27. The van der Waals surface area contributed by atoms with E-state index in [0.29, 0.717) is 12.0 Å². The topological polar surface area (TPSA) is 42.7 Å². The van der Waals surface area contributed by atoms with Gasteiger partial charge in [0.25, 0.3) is 0 Å². The average molecular weight is 242 g/mol. The molecule has 0 amide bonds. The second kappa shape index (κ2) is 4.90. The Morgan fingerprint density at radius 1 is 1.33 bits per heavy atom. The first kappa shape index (κ1) is 11.4. The zero-order valence-corrected chi connectivity index (χ0v) is 10.6. The molecule has 94 valence electrons. The maximum Gasteiger partial charge on any atom is 0.0953 e. The first-order valence-electron chi connectivity index (χ1n) is 6.48. The van der Waals surface area contributed by atoms with Crippen LogP contribution in [0, 0.1) is 0 Å². The van der Waals surface area contributed by atoms with E-state index >= 15 is 0 Å². The van der Waals surface area contributed by atoms with Crippen molar-refractivity contribution in [3.63, 3.8) is 0 Å². The van der Waals surface area contributed by atoms with E-state index in [9.17, 15) is 0 Å². The molecule has 1 fully saturated rings. The highest BCUT2D eigenvalue weighted by atomic mass is 15.1. The van der Waals surface area contributed by atoms with Crippen molar-refractivity contribution < 1.29 is 0 Å². The molecule has 2 atom stereocenters. The number of imidazole rings is 1. The maximum atomic E-state index is 4.33. The maximum absolute atomic E-state index is 4.33. The number of rotatable bonds is 3. The van der Waals surface area contributed by atoms with Crippen LogP contribution in [-0.2, 0) is 0 Å². The van der Waals surface area contributed by atoms with Crippen molar-refractivity contribution >= 4 is 0 Å². The lowest BCUT2D eigenvalue weighted by Crippen LogP contribution is -2.14. The van der Waals surface area contributed by atoms with Crippen molar-refractivity contribution in [3.8, 4) is 0 Å². The molecule has 0 bridgehead atoms. The molecule has 0 aromatic carbocycles. The molecule has 3 heterocycles. The summed E-state index contributed by atoms with van der Waals surface area (Å²) < 4.78 is 2.28. The zero-order valence-electron chi connectivity index (χ0n) is 10.6. The highest BCUT2D eigenvalue weighted by Gasteiger charge is 2.22. The van der Waals surface area contributed by atoms with Gasteiger partial charge < -0.3 is 9.88 Å². The van der Waals surface area contributed by atoms with Gasteiger partial charge in [0.15, 0.2) is 0 Å². The standard InChI is InChI=1S/C14H18N4/c1-11(12-2-5-15-6-3-12)18-10-17-9-14(18)13-4-7-16-8-13/h2-3,5-6,9-11,13,16H,4,7-8H2,1H3. The normalized spacial score (nSPS) is 21.1. The Balaban J connectivity index is 1.90. The summed E-state index contributed by atoms with van der Waals surface area (Å²) in [6.45, 7) is 4.39. The van der Waals surface area contributed by atoms with Crippen molar-refractivity contribution in [3.05, 3.63) is 48.3 Å². The van der Waals surface area contributed by atoms with E-state index in [0.717, 1.165) is 13.1 Å². The zero-order chi connectivity index (χ0) is 12.4. The molecule has 1 aliphatic heterocycles. The molecule has 2 aromatic heterocycles. The molecule has 0 aliphatic carbocycles. The Kier molecular flexibility index (Phi) is 3.11. The fourth-order valence-corrected chi connectivity index (χ4v) is 2.66. The van der Waals surface area contributed by atoms with Crippen molar-refractivity contribution in [1.29, 1.82) is 0 Å². The lowest BCUT2D eigenvalue weighted by molar-refractivity contribution is 0.574. The van der Waals surface area contributed by atoms with Gasteiger partial charge in [0.2, 0.25) is 0 Å². The van der Waals surface area contributed by atoms with Crippen LogP contribution in [0.4, 0.5) is 0 Å². The number of pyridine rings is 1. The molecule has 4 nitrogen and oxygen atoms in total. The van der Waals surface area contributed by atoms with Crippen LogP contribution in [0.1, 0.15) is 36.6 Å². The Labute approximate surface area is 107 Å². The van der Waals surface area contributed by atoms with Crippen LogP contribution in [0.25, 0.3) is 0 Å². The van der Waals surface area contributed by atoms with Gasteiger partial charge >= 0.3 is 0 Å². The largest absolute Gasteiger partial charge is 0.327 e. The summed E-state index contributed by atoms with van der Waals surface area (Å²) in [6, 6.07) is 4.45. The number of hydrogen-bond donors (Lipinski definition) is 1. The van der Waals surface area contributed by atoms with Gasteiger partial charge in [-0.2, -0.15) is 0 Å². The van der Waals surface area contributed by atoms with E-state index in [1.54, 1.807) is 0 Å². The van der Waals surface area contributed by atoms with Crippen molar-refractivity contribution in [1.82, 2.24) is 19.9 Å². The molecule has 1 N–H and O–H groups in total. The van der Waals surface area contributed by atoms with Gasteiger partial charge in [0.1, 0.15) is 0 Å². The summed E-state index contributed by atoms with van der Waals surface area (Å²) in [4.78, 5) is 8.41. The van der Waals surface area contributed by atoms with Crippen molar-refractivity contribution in [2.75, 3.05) is 13.1 Å². The van der Waals surface area contributed by atoms with Crippen LogP contribution < -0.4 is 5.32 Å². The minimum Gasteiger partial charge on any atom is -0.327 e. The van der Waals surface area contributed by atoms with Crippen LogP contribution >= 0.6 is 0 Å². The number of nitrogens with one attached hydrogen (secondary N) is 1. The first-order valence-corrected chi connectivity index (χ1v) is 6.48. The lowest BCUT2D eigenvalue weighted by atomic mass is 10.0. The first-order chi connectivity index (χ1) is 8.86. The second-order valence-corrected chi connectivity index (χ2v) is 4.87. The molecule has 1 aliphatic rings. The molecule has 0 saturated carbocycles. The van der Waals surface area contributed by atoms with Gasteiger partial charge in [-0.15, -0.1) is 0 Å². The summed E-state index contributed by atoms with van der Waals surface area (Å²) in [5.41, 5.74) is 2.61. The third-order valence-electron chi connectivity index (χ3n) is 3.78. The van der Waals surface area contributed by atoms with E-state index in [1.165, 1.54) is 17.7 Å². The van der Waals surface area contributed by atoms with Gasteiger partial charge in [-0.05, 0) is 37.6 Å². The van der Waals surface area contributed by atoms with Crippen LogP contribution in [0.5, 0.6) is 0 Å². The van der Waals surface area contributed by atoms with E-state index in [-0.39, 0.29) is 0 Å². The van der Waals surface area contributed by atoms with Crippen LogP contribution in [0.2, 0.25) is 0 Å². The van der Waals surface area contributed by atoms with Crippen LogP contribution in [0.3, 0.4) is 0 Å². The van der Waals surface area contributed by atoms with Gasteiger partial charge in [0.05, 0.1) is 12.4 Å². The summed E-state index contributed by atoms with van der Waals surface area (Å²) >= 11 is 0. The number of aromatic nitrogens is 3. The molecular formula is C14H18N4. The molecule has 3 rings (SSSR count). The van der Waals surface area contributed by atoms with E-state index in [2.05, 4.69) is 38.9 Å². The summed E-state index contributed by atoms with van der Waals surface area (Å²) in [6.07, 6.45) is 8.85. The number of hydrogen-bond acceptors (Lipinski definition) is 3. The van der Waals surface area contributed by atoms with Crippen LogP contribution in [-0.4, -0.2) is 27.6 Å². The second-order valence-electron chi connectivity index (χ2n) is 4.87.